The highest BCUT2D eigenvalue weighted by atomic mass is 79.9. The molecule has 0 spiro atoms. The summed E-state index contributed by atoms with van der Waals surface area (Å²) in [6.45, 7) is 0.618. The third-order valence-electron chi connectivity index (χ3n) is 4.11. The lowest BCUT2D eigenvalue weighted by molar-refractivity contribution is 0.402. The highest BCUT2D eigenvalue weighted by Gasteiger charge is 2.17. The molecule has 9 heteroatoms. The molecule has 0 bridgehead atoms. The lowest BCUT2D eigenvalue weighted by Gasteiger charge is -2.10. The van der Waals surface area contributed by atoms with E-state index in [2.05, 4.69) is 30.9 Å². The summed E-state index contributed by atoms with van der Waals surface area (Å²) in [5.74, 6) is 2.02. The van der Waals surface area contributed by atoms with Crippen molar-refractivity contribution in [2.75, 3.05) is 18.9 Å². The van der Waals surface area contributed by atoms with Crippen LogP contribution in [0, 0.1) is 0 Å². The monoisotopic (exact) mass is 460 g/mol. The van der Waals surface area contributed by atoms with Gasteiger partial charge in [-0.3, -0.25) is 4.68 Å². The van der Waals surface area contributed by atoms with Crippen molar-refractivity contribution in [3.63, 3.8) is 0 Å². The molecule has 1 N–H and O–H groups in total. The highest BCUT2D eigenvalue weighted by molar-refractivity contribution is 9.10. The van der Waals surface area contributed by atoms with Crippen LogP contribution < -0.4 is 14.2 Å². The van der Waals surface area contributed by atoms with Gasteiger partial charge in [0.2, 0.25) is 0 Å². The largest absolute Gasteiger partial charge is 0.496 e. The molecule has 2 aromatic carbocycles. The van der Waals surface area contributed by atoms with E-state index in [9.17, 15) is 0 Å². The van der Waals surface area contributed by atoms with Gasteiger partial charge in [0.25, 0.3) is 0 Å². The molecule has 0 radical (unpaired) electrons. The third-order valence-corrected chi connectivity index (χ3v) is 5.58. The van der Waals surface area contributed by atoms with Crippen LogP contribution in [0.15, 0.2) is 62.7 Å². The van der Waals surface area contributed by atoms with Crippen molar-refractivity contribution in [1.29, 1.82) is 0 Å². The van der Waals surface area contributed by atoms with Gasteiger partial charge < -0.3 is 18.7 Å². The number of fused-ring (bicyclic) bond motifs is 1. The number of hydrogen-bond acceptors (Lipinski definition) is 7. The first-order chi connectivity index (χ1) is 13.7. The molecule has 28 heavy (non-hydrogen) atoms. The van der Waals surface area contributed by atoms with E-state index >= 15 is 0 Å². The van der Waals surface area contributed by atoms with Gasteiger partial charge in [-0.2, -0.15) is 5.10 Å². The minimum absolute atomic E-state index is 0.588. The Morgan fingerprint density at radius 2 is 2.11 bits per heavy atom. The molecule has 0 aliphatic carbocycles. The van der Waals surface area contributed by atoms with Gasteiger partial charge in [-0.1, -0.05) is 11.2 Å². The minimum Gasteiger partial charge on any atom is -0.496 e. The molecule has 0 fully saturated rings. The van der Waals surface area contributed by atoms with Crippen molar-refractivity contribution in [3.8, 4) is 11.5 Å². The fraction of sp³-hybridized carbons (Fsp3) is 0.158. The number of halogens is 1. The topological polar surface area (TPSA) is 74.3 Å². The molecular weight excluding hydrogens is 444 g/mol. The summed E-state index contributed by atoms with van der Waals surface area (Å²) in [5, 5.41) is 9.20. The van der Waals surface area contributed by atoms with Gasteiger partial charge in [-0.05, 0) is 63.8 Å². The first kappa shape index (κ1) is 18.7. The third kappa shape index (κ3) is 3.67. The summed E-state index contributed by atoms with van der Waals surface area (Å²) in [6, 6.07) is 11.6. The molecule has 0 unspecified atom stereocenters. The second kappa shape index (κ2) is 8.15. The van der Waals surface area contributed by atoms with Gasteiger partial charge in [-0.15, -0.1) is 0 Å². The molecular formula is C19H17BrN4O3S. The van der Waals surface area contributed by atoms with Crippen molar-refractivity contribution in [3.05, 3.63) is 58.8 Å². The number of para-hydroxylation sites is 1. The highest BCUT2D eigenvalue weighted by Crippen LogP contribution is 2.39. The number of benzene rings is 2. The van der Waals surface area contributed by atoms with E-state index in [1.54, 1.807) is 20.4 Å². The Balaban J connectivity index is 1.62. The van der Waals surface area contributed by atoms with E-state index in [0.29, 0.717) is 23.7 Å². The number of hydrogen-bond donors (Lipinski definition) is 1. The standard InChI is InChI=1S/C19H17BrN4O3S/c1-25-14-9-12(11-24-8-4-7-21-24)10-15-17(14)19(22-27-15)23-28-16-6-3-5-13(20)18(16)26-2/h3-10H,11H2,1-2H3,(H,22,23). The number of nitrogens with zero attached hydrogens (tertiary/aromatic N) is 3. The Kier molecular flexibility index (Phi) is 5.45. The Morgan fingerprint density at radius 1 is 1.21 bits per heavy atom. The van der Waals surface area contributed by atoms with Gasteiger partial charge in [0.05, 0.1) is 30.1 Å². The maximum atomic E-state index is 5.59. The Labute approximate surface area is 174 Å². The van der Waals surface area contributed by atoms with Gasteiger partial charge in [-0.25, -0.2) is 0 Å². The van der Waals surface area contributed by atoms with Crippen LogP contribution in [0.5, 0.6) is 11.5 Å². The summed E-state index contributed by atoms with van der Waals surface area (Å²) < 4.78 is 22.6. The van der Waals surface area contributed by atoms with Gasteiger partial charge in [0.1, 0.15) is 16.9 Å². The molecule has 0 aliphatic heterocycles. The normalized spacial score (nSPS) is 11.0. The summed E-state index contributed by atoms with van der Waals surface area (Å²) in [5.41, 5.74) is 1.66. The van der Waals surface area contributed by atoms with Crippen molar-refractivity contribution >= 4 is 44.7 Å². The number of methoxy groups -OCH3 is 2. The number of aromatic nitrogens is 3. The number of anilines is 1. The Hall–Kier alpha value is -2.65. The smallest absolute Gasteiger partial charge is 0.191 e. The maximum absolute atomic E-state index is 5.59. The summed E-state index contributed by atoms with van der Waals surface area (Å²) >= 11 is 4.88. The van der Waals surface area contributed by atoms with Crippen LogP contribution in [0.3, 0.4) is 0 Å². The maximum Gasteiger partial charge on any atom is 0.191 e. The number of nitrogens with one attached hydrogen (secondary N) is 1. The SMILES string of the molecule is COc1c(Br)cccc1SNc1noc2cc(Cn3cccn3)cc(OC)c12. The van der Waals surface area contributed by atoms with Crippen LogP contribution in [0.2, 0.25) is 0 Å². The average molecular weight is 461 g/mol. The van der Waals surface area contributed by atoms with Crippen molar-refractivity contribution in [2.45, 2.75) is 11.4 Å². The van der Waals surface area contributed by atoms with Crippen LogP contribution >= 0.6 is 27.9 Å². The lowest BCUT2D eigenvalue weighted by Crippen LogP contribution is -2.00. The molecule has 144 valence electrons. The van der Waals surface area contributed by atoms with E-state index in [-0.39, 0.29) is 0 Å². The molecule has 2 heterocycles. The summed E-state index contributed by atoms with van der Waals surface area (Å²) in [4.78, 5) is 0.919. The van der Waals surface area contributed by atoms with Crippen LogP contribution in [-0.2, 0) is 6.54 Å². The predicted octanol–water partition coefficient (Wildman–Crippen LogP) is 4.97. The first-order valence-corrected chi connectivity index (χ1v) is 9.99. The van der Waals surface area contributed by atoms with E-state index in [4.69, 9.17) is 14.0 Å². The van der Waals surface area contributed by atoms with Crippen LogP contribution in [0.25, 0.3) is 11.0 Å². The van der Waals surface area contributed by atoms with E-state index in [0.717, 1.165) is 26.1 Å². The number of rotatable bonds is 7. The number of ether oxygens (including phenoxy) is 2. The molecule has 4 aromatic rings. The molecule has 2 aromatic heterocycles. The zero-order valence-corrected chi connectivity index (χ0v) is 17.6. The Bertz CT molecular complexity index is 1100. The first-order valence-electron chi connectivity index (χ1n) is 8.38. The minimum atomic E-state index is 0.588. The molecule has 0 saturated heterocycles. The fourth-order valence-electron chi connectivity index (χ4n) is 2.86. The van der Waals surface area contributed by atoms with E-state index in [1.165, 1.54) is 11.9 Å². The molecule has 0 aliphatic rings. The Morgan fingerprint density at radius 3 is 2.86 bits per heavy atom. The molecule has 0 amide bonds. The second-order valence-corrected chi connectivity index (χ2v) is 7.58. The van der Waals surface area contributed by atoms with Crippen LogP contribution in [-0.4, -0.2) is 29.2 Å². The van der Waals surface area contributed by atoms with E-state index in [1.807, 2.05) is 47.3 Å². The quantitative estimate of drug-likeness (QED) is 0.390. The predicted molar refractivity (Wildman–Crippen MR) is 112 cm³/mol. The summed E-state index contributed by atoms with van der Waals surface area (Å²) in [7, 11) is 3.27. The zero-order valence-electron chi connectivity index (χ0n) is 15.2. The van der Waals surface area contributed by atoms with Gasteiger partial charge in [0.15, 0.2) is 11.4 Å². The van der Waals surface area contributed by atoms with Gasteiger partial charge >= 0.3 is 0 Å². The zero-order chi connectivity index (χ0) is 19.5. The van der Waals surface area contributed by atoms with Gasteiger partial charge in [0, 0.05) is 12.4 Å². The van der Waals surface area contributed by atoms with Crippen molar-refractivity contribution in [1.82, 2.24) is 14.9 Å². The fourth-order valence-corrected chi connectivity index (χ4v) is 4.30. The second-order valence-electron chi connectivity index (χ2n) is 5.88. The van der Waals surface area contributed by atoms with Crippen molar-refractivity contribution in [2.24, 2.45) is 0 Å². The van der Waals surface area contributed by atoms with E-state index < -0.39 is 0 Å². The molecule has 0 saturated carbocycles. The molecule has 4 rings (SSSR count). The van der Waals surface area contributed by atoms with Crippen LogP contribution in [0.4, 0.5) is 5.82 Å². The average Bonchev–Trinajstić information content (AvgIpc) is 3.35. The van der Waals surface area contributed by atoms with Crippen LogP contribution in [0.1, 0.15) is 5.56 Å². The molecule has 0 atom stereocenters. The lowest BCUT2D eigenvalue weighted by atomic mass is 10.1. The van der Waals surface area contributed by atoms with Crippen molar-refractivity contribution < 1.29 is 14.0 Å². The summed E-state index contributed by atoms with van der Waals surface area (Å²) in [6.07, 6.45) is 3.66. The molecule has 7 nitrogen and oxygen atoms in total.